The molecule has 0 saturated carbocycles. The van der Waals surface area contributed by atoms with Gasteiger partial charge in [-0.1, -0.05) is 42.0 Å². The largest absolute Gasteiger partial charge is 0.340 e. The second kappa shape index (κ2) is 11.2. The van der Waals surface area contributed by atoms with Crippen molar-refractivity contribution >= 4 is 27.3 Å². The highest BCUT2D eigenvalue weighted by Gasteiger charge is 2.37. The van der Waals surface area contributed by atoms with E-state index in [4.69, 9.17) is 0 Å². The molecule has 2 aliphatic heterocycles. The standard InChI is InChI=1S/C31H39N3O3S2/c1-21-18-23(3)31(24(4)19-21)39(36,37)34-16-15-33(20-25(34)5)29(35)11-14-32-13-10-28-27(12-17-38-28)30(32)26-9-7-6-8-22(26)2/h6-9,12,17-19,25,30H,10-11,13-16,20H2,1-5H3/t25-,30+/m1/s1. The number of piperazine rings is 1. The molecule has 3 aromatic rings. The van der Waals surface area contributed by atoms with Crippen molar-refractivity contribution in [1.82, 2.24) is 14.1 Å². The van der Waals surface area contributed by atoms with Crippen LogP contribution >= 0.6 is 11.3 Å². The summed E-state index contributed by atoms with van der Waals surface area (Å²) >= 11 is 1.83. The van der Waals surface area contributed by atoms with Gasteiger partial charge in [0.1, 0.15) is 0 Å². The van der Waals surface area contributed by atoms with Crippen molar-refractivity contribution in [3.8, 4) is 0 Å². The van der Waals surface area contributed by atoms with Crippen LogP contribution in [0, 0.1) is 27.7 Å². The van der Waals surface area contributed by atoms with E-state index in [1.165, 1.54) is 21.6 Å². The Morgan fingerprint density at radius 1 is 0.949 bits per heavy atom. The first kappa shape index (κ1) is 28.0. The summed E-state index contributed by atoms with van der Waals surface area (Å²) in [5, 5.41) is 2.18. The zero-order chi connectivity index (χ0) is 27.9. The number of benzene rings is 2. The van der Waals surface area contributed by atoms with Crippen LogP contribution < -0.4 is 0 Å². The third-order valence-corrected chi connectivity index (χ3v) is 11.6. The lowest BCUT2D eigenvalue weighted by atomic mass is 9.90. The van der Waals surface area contributed by atoms with E-state index in [-0.39, 0.29) is 18.0 Å². The van der Waals surface area contributed by atoms with Crippen LogP contribution in [-0.2, 0) is 21.2 Å². The average molecular weight is 566 g/mol. The number of aryl methyl sites for hydroxylation is 4. The molecule has 39 heavy (non-hydrogen) atoms. The summed E-state index contributed by atoms with van der Waals surface area (Å²) < 4.78 is 28.9. The normalized spacial score (nSPS) is 20.7. The first-order valence-electron chi connectivity index (χ1n) is 13.8. The summed E-state index contributed by atoms with van der Waals surface area (Å²) in [4.78, 5) is 19.5. The van der Waals surface area contributed by atoms with E-state index in [9.17, 15) is 13.2 Å². The smallest absolute Gasteiger partial charge is 0.243 e. The Morgan fingerprint density at radius 2 is 1.67 bits per heavy atom. The lowest BCUT2D eigenvalue weighted by Crippen LogP contribution is -2.55. The van der Waals surface area contributed by atoms with Gasteiger partial charge in [0.2, 0.25) is 15.9 Å². The topological polar surface area (TPSA) is 60.9 Å². The Morgan fingerprint density at radius 3 is 2.36 bits per heavy atom. The van der Waals surface area contributed by atoms with E-state index < -0.39 is 10.0 Å². The Balaban J connectivity index is 1.26. The molecule has 0 radical (unpaired) electrons. The van der Waals surface area contributed by atoms with Crippen LogP contribution in [0.5, 0.6) is 0 Å². The molecule has 1 aromatic heterocycles. The van der Waals surface area contributed by atoms with Crippen molar-refractivity contribution < 1.29 is 13.2 Å². The van der Waals surface area contributed by atoms with Gasteiger partial charge in [0, 0.05) is 50.1 Å². The molecule has 1 saturated heterocycles. The molecule has 0 bridgehead atoms. The van der Waals surface area contributed by atoms with E-state index in [0.717, 1.165) is 29.7 Å². The fraction of sp³-hybridized carbons (Fsp3) is 0.452. The van der Waals surface area contributed by atoms with Crippen LogP contribution in [0.1, 0.15) is 57.6 Å². The third-order valence-electron chi connectivity index (χ3n) is 8.25. The Hall–Kier alpha value is -2.52. The Bertz CT molecular complexity index is 1460. The van der Waals surface area contributed by atoms with Crippen LogP contribution in [-0.4, -0.2) is 67.2 Å². The zero-order valence-electron chi connectivity index (χ0n) is 23.6. The highest BCUT2D eigenvalue weighted by molar-refractivity contribution is 7.89. The Kier molecular flexibility index (Phi) is 8.02. The van der Waals surface area contributed by atoms with E-state index in [0.29, 0.717) is 37.5 Å². The summed E-state index contributed by atoms with van der Waals surface area (Å²) in [6.45, 7) is 12.5. The van der Waals surface area contributed by atoms with Gasteiger partial charge in [0.05, 0.1) is 10.9 Å². The first-order chi connectivity index (χ1) is 18.6. The minimum absolute atomic E-state index is 0.0984. The maximum Gasteiger partial charge on any atom is 0.243 e. The van der Waals surface area contributed by atoms with Gasteiger partial charge >= 0.3 is 0 Å². The van der Waals surface area contributed by atoms with Crippen LogP contribution in [0.2, 0.25) is 0 Å². The lowest BCUT2D eigenvalue weighted by molar-refractivity contribution is -0.133. The molecular formula is C31H39N3O3S2. The van der Waals surface area contributed by atoms with Crippen LogP contribution in [0.25, 0.3) is 0 Å². The molecule has 1 fully saturated rings. The van der Waals surface area contributed by atoms with E-state index in [1.54, 1.807) is 4.31 Å². The zero-order valence-corrected chi connectivity index (χ0v) is 25.2. The van der Waals surface area contributed by atoms with Gasteiger partial charge in [-0.05, 0) is 80.3 Å². The van der Waals surface area contributed by atoms with Gasteiger partial charge in [-0.15, -0.1) is 11.3 Å². The van der Waals surface area contributed by atoms with Crippen molar-refractivity contribution in [2.75, 3.05) is 32.7 Å². The number of rotatable bonds is 6. The number of carbonyl (C=O) groups is 1. The molecular weight excluding hydrogens is 526 g/mol. The molecule has 1 amide bonds. The summed E-state index contributed by atoms with van der Waals surface area (Å²) in [7, 11) is -3.64. The lowest BCUT2D eigenvalue weighted by Gasteiger charge is -2.40. The molecule has 3 heterocycles. The predicted octanol–water partition coefficient (Wildman–Crippen LogP) is 5.24. The van der Waals surface area contributed by atoms with Crippen LogP contribution in [0.15, 0.2) is 52.7 Å². The van der Waals surface area contributed by atoms with Gasteiger partial charge in [-0.3, -0.25) is 9.69 Å². The molecule has 8 heteroatoms. The highest BCUT2D eigenvalue weighted by atomic mass is 32.2. The average Bonchev–Trinajstić information content (AvgIpc) is 3.35. The molecule has 0 N–H and O–H groups in total. The fourth-order valence-electron chi connectivity index (χ4n) is 6.48. The number of hydrogen-bond acceptors (Lipinski definition) is 5. The fourth-order valence-corrected chi connectivity index (χ4v) is 9.41. The monoisotopic (exact) mass is 565 g/mol. The van der Waals surface area contributed by atoms with E-state index >= 15 is 0 Å². The third kappa shape index (κ3) is 5.44. The predicted molar refractivity (Wildman–Crippen MR) is 158 cm³/mol. The number of fused-ring (bicyclic) bond motifs is 1. The number of carbonyl (C=O) groups excluding carboxylic acids is 1. The van der Waals surface area contributed by atoms with Crippen molar-refractivity contribution in [3.63, 3.8) is 0 Å². The summed E-state index contributed by atoms with van der Waals surface area (Å²) in [6.07, 6.45) is 1.44. The van der Waals surface area contributed by atoms with Gasteiger partial charge in [0.15, 0.2) is 0 Å². The van der Waals surface area contributed by atoms with Crippen LogP contribution in [0.4, 0.5) is 0 Å². The van der Waals surface area contributed by atoms with Crippen molar-refractivity contribution in [2.45, 2.75) is 64.4 Å². The first-order valence-corrected chi connectivity index (χ1v) is 16.1. The maximum atomic E-state index is 13.7. The highest BCUT2D eigenvalue weighted by Crippen LogP contribution is 2.39. The minimum atomic E-state index is -3.64. The summed E-state index contributed by atoms with van der Waals surface area (Å²) in [5.41, 5.74) is 6.54. The molecule has 5 rings (SSSR count). The second-order valence-corrected chi connectivity index (χ2v) is 14.0. The molecule has 2 atom stereocenters. The minimum Gasteiger partial charge on any atom is -0.340 e. The molecule has 0 spiro atoms. The summed E-state index contributed by atoms with van der Waals surface area (Å²) in [6, 6.07) is 14.5. The summed E-state index contributed by atoms with van der Waals surface area (Å²) in [5.74, 6) is 0.0984. The van der Waals surface area contributed by atoms with E-state index in [2.05, 4.69) is 47.5 Å². The number of nitrogens with zero attached hydrogens (tertiary/aromatic N) is 3. The molecule has 0 unspecified atom stereocenters. The van der Waals surface area contributed by atoms with Gasteiger partial charge in [-0.25, -0.2) is 8.42 Å². The number of thiophene rings is 1. The Labute approximate surface area is 237 Å². The molecule has 2 aliphatic rings. The maximum absolute atomic E-state index is 13.7. The van der Waals surface area contributed by atoms with Crippen molar-refractivity contribution in [1.29, 1.82) is 0 Å². The van der Waals surface area contributed by atoms with Gasteiger partial charge in [0.25, 0.3) is 0 Å². The van der Waals surface area contributed by atoms with Crippen LogP contribution in [0.3, 0.4) is 0 Å². The molecule has 6 nitrogen and oxygen atoms in total. The number of amides is 1. The van der Waals surface area contributed by atoms with E-state index in [1.807, 2.05) is 56.1 Å². The quantitative estimate of drug-likeness (QED) is 0.410. The molecule has 208 valence electrons. The molecule has 2 aromatic carbocycles. The molecule has 0 aliphatic carbocycles. The van der Waals surface area contributed by atoms with Gasteiger partial charge in [-0.2, -0.15) is 4.31 Å². The van der Waals surface area contributed by atoms with Gasteiger partial charge < -0.3 is 4.90 Å². The second-order valence-electron chi connectivity index (χ2n) is 11.1. The van der Waals surface area contributed by atoms with Crippen molar-refractivity contribution in [3.05, 3.63) is 86.1 Å². The number of sulfonamides is 1. The SMILES string of the molecule is Cc1cc(C)c(S(=O)(=O)N2CCN(C(=O)CCN3CCc4sccc4[C@@H]3c3ccccc3C)C[C@H]2C)c(C)c1. The van der Waals surface area contributed by atoms with Crippen molar-refractivity contribution in [2.24, 2.45) is 0 Å². The number of hydrogen-bond donors (Lipinski definition) is 0.